The van der Waals surface area contributed by atoms with Crippen LogP contribution in [0.3, 0.4) is 0 Å². The molecule has 0 aliphatic carbocycles. The number of imidazole rings is 1. The summed E-state index contributed by atoms with van der Waals surface area (Å²) in [6, 6.07) is 53.2. The molecule has 341 valence electrons. The first-order valence-electron chi connectivity index (χ1n) is 25.0. The predicted molar refractivity (Wildman–Crippen MR) is 286 cm³/mol. The van der Waals surface area contributed by atoms with Crippen LogP contribution in [-0.2, 0) is 32.9 Å². The molecule has 10 aromatic rings. The van der Waals surface area contributed by atoms with Crippen molar-refractivity contribution in [3.05, 3.63) is 186 Å². The van der Waals surface area contributed by atoms with Gasteiger partial charge in [0.2, 0.25) is 0 Å². The zero-order valence-electron chi connectivity index (χ0n) is 44.0. The maximum Gasteiger partial charge on any atom is 0.114 e. The summed E-state index contributed by atoms with van der Waals surface area (Å²) in [5.74, 6) is 8.31. The van der Waals surface area contributed by atoms with Crippen LogP contribution in [0.2, 0.25) is 17.3 Å². The summed E-state index contributed by atoms with van der Waals surface area (Å²) in [6.45, 7) is 14.9. The van der Waals surface area contributed by atoms with E-state index in [9.17, 15) is 0 Å². The van der Waals surface area contributed by atoms with Gasteiger partial charge in [0.05, 0.1) is 16.9 Å². The smallest absolute Gasteiger partial charge is 0.114 e. The third-order valence-corrected chi connectivity index (χ3v) is 17.2. The van der Waals surface area contributed by atoms with Gasteiger partial charge in [-0.2, -0.15) is 11.3 Å². The fourth-order valence-electron chi connectivity index (χ4n) is 8.78. The van der Waals surface area contributed by atoms with Crippen LogP contribution >= 0.6 is 11.3 Å². The first-order chi connectivity index (χ1) is 33.2. The van der Waals surface area contributed by atoms with Gasteiger partial charge in [0.1, 0.15) is 4.83 Å². The number of pyridine rings is 2. The zero-order chi connectivity index (χ0) is 49.9. The van der Waals surface area contributed by atoms with E-state index in [0.29, 0.717) is 23.1 Å². The Kier molecular flexibility index (Phi) is 12.7. The summed E-state index contributed by atoms with van der Waals surface area (Å²) in [6.07, 6.45) is -1.22. The number of benzene rings is 6. The fourth-order valence-corrected chi connectivity index (χ4v) is 12.9. The van der Waals surface area contributed by atoms with E-state index in [-0.39, 0.29) is 20.1 Å². The average molecular weight is 1140 g/mol. The van der Waals surface area contributed by atoms with Crippen molar-refractivity contribution in [3.63, 3.8) is 0 Å². The summed E-state index contributed by atoms with van der Waals surface area (Å²) < 4.78 is 40.0. The maximum absolute atomic E-state index is 8.94. The van der Waals surface area contributed by atoms with E-state index in [1.807, 2.05) is 106 Å². The van der Waals surface area contributed by atoms with E-state index in [2.05, 4.69) is 127 Å². The Hall–Kier alpha value is -5.24. The molecule has 7 heteroatoms. The number of aromatic nitrogens is 4. The maximum atomic E-state index is 8.94. The van der Waals surface area contributed by atoms with E-state index >= 15 is 0 Å². The van der Waals surface area contributed by atoms with Gasteiger partial charge in [-0.05, 0) is 56.1 Å². The second-order valence-electron chi connectivity index (χ2n) is 19.8. The molecule has 0 saturated heterocycles. The summed E-state index contributed by atoms with van der Waals surface area (Å²) in [5, 5.41) is 4.42. The normalized spacial score (nSPS) is 13.3. The van der Waals surface area contributed by atoms with Crippen molar-refractivity contribution in [3.8, 4) is 28.3 Å². The molecule has 0 fully saturated rings. The molecule has 4 heterocycles. The van der Waals surface area contributed by atoms with Crippen molar-refractivity contribution in [1.29, 1.82) is 0 Å². The Morgan fingerprint density at radius 3 is 2.12 bits per heavy atom. The molecule has 4 aromatic heterocycles. The number of hydrogen-bond acceptors (Lipinski definition) is 4. The monoisotopic (exact) mass is 1140 g/mol. The first-order valence-corrected chi connectivity index (χ1v) is 31.2. The fraction of sp³-hybridized carbons (Fsp3) is 0.250. The summed E-state index contributed by atoms with van der Waals surface area (Å²) in [4.78, 5) is 15.7. The summed E-state index contributed by atoms with van der Waals surface area (Å²) in [7, 11) is 0. The number of thiophene rings is 1. The van der Waals surface area contributed by atoms with Crippen LogP contribution in [-0.4, -0.2) is 32.8 Å². The second kappa shape index (κ2) is 19.8. The van der Waals surface area contributed by atoms with Crippen LogP contribution in [0, 0.1) is 17.5 Å². The number of fused-ring (bicyclic) bond motifs is 6. The van der Waals surface area contributed by atoms with E-state index in [1.165, 1.54) is 22.2 Å². The van der Waals surface area contributed by atoms with Gasteiger partial charge in [0.15, 0.2) is 0 Å². The van der Waals surface area contributed by atoms with Gasteiger partial charge in [0.25, 0.3) is 0 Å². The van der Waals surface area contributed by atoms with Crippen LogP contribution in [0.4, 0.5) is 0 Å². The molecule has 0 aliphatic rings. The van der Waals surface area contributed by atoms with Gasteiger partial charge in [0, 0.05) is 46.0 Å². The van der Waals surface area contributed by atoms with Gasteiger partial charge in [-0.15, -0.1) is 18.2 Å². The molecule has 0 spiro atoms. The SMILES string of the molecule is [2H]C([2H])(c1cc(-c2[c-]cccc2)nc[c]1[Ge]([CH3])([CH3])[CH3])C(C)(C)C.[2H]C([2H])(c1ccccc1)c1ccc2c(n1)sc1c(-c3nc4ccc5ccccc5c4n3-c3c(C(C)C)cccc3C(C)C)[c-]ccc12.[Ir]. The molecular weight excluding hydrogens is 1070 g/mol. The molecule has 0 saturated carbocycles. The molecule has 0 bridgehead atoms. The quantitative estimate of drug-likeness (QED) is 0.107. The minimum absolute atomic E-state index is 0. The summed E-state index contributed by atoms with van der Waals surface area (Å²) in [5.41, 5.74) is 9.73. The van der Waals surface area contributed by atoms with Crippen molar-refractivity contribution in [1.82, 2.24) is 19.5 Å². The molecule has 4 nitrogen and oxygen atoms in total. The van der Waals surface area contributed by atoms with E-state index in [1.54, 1.807) is 11.3 Å². The average Bonchev–Trinajstić information content (AvgIpc) is 3.92. The predicted octanol–water partition coefficient (Wildman–Crippen LogP) is 15.9. The second-order valence-corrected chi connectivity index (χ2v) is 31.3. The van der Waals surface area contributed by atoms with E-state index in [0.717, 1.165) is 69.3 Å². The third kappa shape index (κ3) is 10.2. The molecular formula is C60H60GeIrN4S-2. The van der Waals surface area contributed by atoms with Crippen molar-refractivity contribution in [2.75, 3.05) is 0 Å². The third-order valence-electron chi connectivity index (χ3n) is 11.9. The first kappa shape index (κ1) is 43.1. The van der Waals surface area contributed by atoms with Crippen LogP contribution in [0.1, 0.15) is 93.7 Å². The molecule has 0 unspecified atom stereocenters. The van der Waals surface area contributed by atoms with Crippen LogP contribution in [0.5, 0.6) is 0 Å². The Morgan fingerprint density at radius 1 is 0.716 bits per heavy atom. The van der Waals surface area contributed by atoms with Crippen LogP contribution < -0.4 is 4.40 Å². The van der Waals surface area contributed by atoms with Crippen LogP contribution in [0.25, 0.3) is 70.4 Å². The molecule has 67 heavy (non-hydrogen) atoms. The van der Waals surface area contributed by atoms with Crippen LogP contribution in [0.15, 0.2) is 146 Å². The van der Waals surface area contributed by atoms with Gasteiger partial charge in [-0.3, -0.25) is 4.98 Å². The Labute approximate surface area is 423 Å². The summed E-state index contributed by atoms with van der Waals surface area (Å²) >= 11 is -0.656. The van der Waals surface area contributed by atoms with Crippen molar-refractivity contribution in [2.45, 2.75) is 90.3 Å². The molecule has 0 atom stereocenters. The largest absolute Gasteiger partial charge is 0.332 e. The van der Waals surface area contributed by atoms with Crippen molar-refractivity contribution < 1.29 is 25.6 Å². The standard InChI is InChI=1S/C41H34N3S.C19H26GeN.Ir/c1-25(2)30-16-10-17-31(26(3)4)37(30)44-38-32-15-9-8-14-28(32)20-23-36(38)43-40(44)35-19-11-18-33-34-22-21-29(42-41(34)45-39(33)35)24-27-12-6-5-7-13-27;1-19(2,3)13-16-12-18(15-10-8-7-9-11-15)21-14-17(16)20(4,5)6;/h5-18,20-23,25-26H,24H2,1-4H3;7-10,12,14H,13H2,1-6H3;/q2*-1;/i24D2;13D2;. The Bertz CT molecular complexity index is 3510. The minimum Gasteiger partial charge on any atom is -0.332 e. The Balaban J connectivity index is 0.000000238. The molecule has 1 radical (unpaired) electrons. The van der Waals surface area contributed by atoms with Gasteiger partial charge in [-0.25, -0.2) is 4.98 Å². The molecule has 0 amide bonds. The van der Waals surface area contributed by atoms with Crippen molar-refractivity contribution >= 4 is 71.1 Å². The number of hydrogen-bond donors (Lipinski definition) is 0. The molecule has 0 aliphatic heterocycles. The molecule has 6 aromatic carbocycles. The Morgan fingerprint density at radius 2 is 1.43 bits per heavy atom. The van der Waals surface area contributed by atoms with Crippen molar-refractivity contribution in [2.24, 2.45) is 5.41 Å². The van der Waals surface area contributed by atoms with Gasteiger partial charge < -0.3 is 4.57 Å². The topological polar surface area (TPSA) is 43.6 Å². The number of rotatable bonds is 9. The minimum atomic E-state index is -2.24. The van der Waals surface area contributed by atoms with Gasteiger partial charge >= 0.3 is 135 Å². The van der Waals surface area contributed by atoms with E-state index < -0.39 is 31.4 Å². The number of para-hydroxylation sites is 1. The zero-order valence-corrected chi connectivity index (χ0v) is 45.4. The molecule has 10 rings (SSSR count). The molecule has 0 N–H and O–H groups in total. The van der Waals surface area contributed by atoms with E-state index in [4.69, 9.17) is 15.5 Å². The number of nitrogens with zero attached hydrogens (tertiary/aromatic N) is 4. The van der Waals surface area contributed by atoms with Gasteiger partial charge in [-0.1, -0.05) is 124 Å².